The van der Waals surface area contributed by atoms with E-state index in [-0.39, 0.29) is 24.9 Å². The summed E-state index contributed by atoms with van der Waals surface area (Å²) in [6, 6.07) is -0.697. The lowest BCUT2D eigenvalue weighted by Gasteiger charge is -2.24. The Labute approximate surface area is 419 Å². The number of carbonyl (C=O) groups excluding carboxylic acids is 2. The van der Waals surface area contributed by atoms with Crippen molar-refractivity contribution in [1.82, 2.24) is 5.32 Å². The van der Waals surface area contributed by atoms with Gasteiger partial charge in [-0.15, -0.1) is 0 Å². The number of nitrogens with one attached hydrogen (secondary N) is 1. The number of hydrogen-bond donors (Lipinski definition) is 3. The standard InChI is InChI=1S/C61H119NO5/c1-4-7-10-13-16-19-22-25-28-30-32-34-37-40-43-46-49-52-57(67-61(66)54-51-48-45-42-39-36-31-27-24-21-18-15-12-9-6-3)55-60(65)62-58(56-63)59(64)53-50-47-44-41-38-35-33-29-26-23-20-17-14-11-8-5-2/h21,24,57-59,63-64H,4-20,22-23,25-56H2,1-3H3,(H,62,65)/b24-21-. The molecular weight excluding hydrogens is 827 g/mol. The van der Waals surface area contributed by atoms with Crippen LogP contribution in [-0.4, -0.2) is 46.9 Å². The number of amides is 1. The summed E-state index contributed by atoms with van der Waals surface area (Å²) < 4.78 is 5.98. The highest BCUT2D eigenvalue weighted by Gasteiger charge is 2.24. The molecule has 0 fully saturated rings. The second-order valence-corrected chi connectivity index (χ2v) is 21.1. The summed E-state index contributed by atoms with van der Waals surface area (Å²) in [5.74, 6) is -0.453. The highest BCUT2D eigenvalue weighted by molar-refractivity contribution is 5.77. The molecule has 0 rings (SSSR count). The minimum Gasteiger partial charge on any atom is -0.462 e. The second kappa shape index (κ2) is 55.5. The molecule has 0 aromatic rings. The Kier molecular flexibility index (Phi) is 54.4. The van der Waals surface area contributed by atoms with Crippen molar-refractivity contribution in [3.8, 4) is 0 Å². The van der Waals surface area contributed by atoms with Gasteiger partial charge in [-0.2, -0.15) is 0 Å². The van der Waals surface area contributed by atoms with Crippen molar-refractivity contribution in [3.05, 3.63) is 12.2 Å². The first-order valence-corrected chi connectivity index (χ1v) is 30.4. The Morgan fingerprint density at radius 3 is 1.07 bits per heavy atom. The van der Waals surface area contributed by atoms with Crippen LogP contribution in [0.2, 0.25) is 0 Å². The number of carbonyl (C=O) groups is 2. The number of rotatable bonds is 56. The fourth-order valence-corrected chi connectivity index (χ4v) is 9.72. The molecule has 0 aliphatic rings. The van der Waals surface area contributed by atoms with Crippen LogP contribution in [0.25, 0.3) is 0 Å². The summed E-state index contributed by atoms with van der Waals surface area (Å²) >= 11 is 0. The number of ether oxygens (including phenoxy) is 1. The van der Waals surface area contributed by atoms with Crippen LogP contribution in [-0.2, 0) is 14.3 Å². The van der Waals surface area contributed by atoms with Crippen LogP contribution < -0.4 is 5.32 Å². The van der Waals surface area contributed by atoms with E-state index in [9.17, 15) is 19.8 Å². The van der Waals surface area contributed by atoms with Crippen LogP contribution in [0.15, 0.2) is 12.2 Å². The van der Waals surface area contributed by atoms with E-state index in [1.807, 2.05) is 0 Å². The van der Waals surface area contributed by atoms with Gasteiger partial charge in [-0.3, -0.25) is 9.59 Å². The third-order valence-corrected chi connectivity index (χ3v) is 14.3. The van der Waals surface area contributed by atoms with Crippen molar-refractivity contribution in [2.75, 3.05) is 6.61 Å². The molecule has 0 heterocycles. The lowest BCUT2D eigenvalue weighted by Crippen LogP contribution is -2.46. The van der Waals surface area contributed by atoms with Crippen molar-refractivity contribution >= 4 is 11.9 Å². The smallest absolute Gasteiger partial charge is 0.306 e. The highest BCUT2D eigenvalue weighted by Crippen LogP contribution is 2.19. The molecule has 6 nitrogen and oxygen atoms in total. The summed E-state index contributed by atoms with van der Waals surface area (Å²) in [4.78, 5) is 26.3. The third kappa shape index (κ3) is 50.8. The molecular formula is C61H119NO5. The molecule has 0 bridgehead atoms. The van der Waals surface area contributed by atoms with E-state index in [1.165, 1.54) is 250 Å². The number of hydrogen-bond acceptors (Lipinski definition) is 5. The molecule has 3 atom stereocenters. The molecule has 67 heavy (non-hydrogen) atoms. The van der Waals surface area contributed by atoms with Crippen LogP contribution >= 0.6 is 0 Å². The van der Waals surface area contributed by atoms with Crippen molar-refractivity contribution in [1.29, 1.82) is 0 Å². The largest absolute Gasteiger partial charge is 0.462 e. The zero-order valence-electron chi connectivity index (χ0n) is 45.6. The second-order valence-electron chi connectivity index (χ2n) is 21.1. The Morgan fingerprint density at radius 2 is 0.716 bits per heavy atom. The Bertz CT molecular complexity index is 1020. The average molecular weight is 947 g/mol. The lowest BCUT2D eigenvalue weighted by molar-refractivity contribution is -0.151. The Hall–Kier alpha value is -1.40. The summed E-state index contributed by atoms with van der Waals surface area (Å²) in [6.07, 6.45) is 64.2. The summed E-state index contributed by atoms with van der Waals surface area (Å²) in [7, 11) is 0. The van der Waals surface area contributed by atoms with E-state index in [4.69, 9.17) is 4.74 Å². The average Bonchev–Trinajstić information content (AvgIpc) is 3.32. The number of esters is 1. The quantitative estimate of drug-likeness (QED) is 0.0321. The van der Waals surface area contributed by atoms with Gasteiger partial charge in [-0.25, -0.2) is 0 Å². The minimum absolute atomic E-state index is 0.0842. The Balaban J connectivity index is 4.50. The first-order valence-electron chi connectivity index (χ1n) is 30.4. The van der Waals surface area contributed by atoms with Crippen LogP contribution in [0.3, 0.4) is 0 Å². The van der Waals surface area contributed by atoms with Crippen molar-refractivity contribution in [3.63, 3.8) is 0 Å². The van der Waals surface area contributed by atoms with Gasteiger partial charge in [0.25, 0.3) is 0 Å². The number of unbranched alkanes of at least 4 members (excludes halogenated alkanes) is 42. The minimum atomic E-state index is -0.784. The SMILES string of the molecule is CCCCCC/C=C\CCCCCCCCCC(=O)OC(CCCCCCCCCCCCCCCCCCC)CC(=O)NC(CO)C(O)CCCCCCCCCCCCCCCCCC. The van der Waals surface area contributed by atoms with E-state index in [0.29, 0.717) is 19.3 Å². The number of aliphatic hydroxyl groups is 2. The predicted octanol–water partition coefficient (Wildman–Crippen LogP) is 18.9. The maximum Gasteiger partial charge on any atom is 0.306 e. The topological polar surface area (TPSA) is 95.9 Å². The molecule has 398 valence electrons. The number of allylic oxidation sites excluding steroid dienone is 2. The molecule has 0 aliphatic heterocycles. The third-order valence-electron chi connectivity index (χ3n) is 14.3. The first kappa shape index (κ1) is 65.6. The lowest BCUT2D eigenvalue weighted by atomic mass is 10.0. The molecule has 0 spiro atoms. The van der Waals surface area contributed by atoms with Gasteiger partial charge < -0.3 is 20.3 Å². The molecule has 3 N–H and O–H groups in total. The normalized spacial score (nSPS) is 13.1. The van der Waals surface area contributed by atoms with Crippen LogP contribution in [0, 0.1) is 0 Å². The first-order chi connectivity index (χ1) is 33.0. The van der Waals surface area contributed by atoms with Gasteiger partial charge >= 0.3 is 5.97 Å². The molecule has 1 amide bonds. The van der Waals surface area contributed by atoms with E-state index in [0.717, 1.165) is 44.9 Å². The van der Waals surface area contributed by atoms with E-state index < -0.39 is 18.2 Å². The zero-order chi connectivity index (χ0) is 48.8. The van der Waals surface area contributed by atoms with E-state index in [1.54, 1.807) is 0 Å². The molecule has 0 saturated carbocycles. The van der Waals surface area contributed by atoms with Gasteiger partial charge in [0.05, 0.1) is 25.2 Å². The van der Waals surface area contributed by atoms with E-state index in [2.05, 4.69) is 38.2 Å². The van der Waals surface area contributed by atoms with Crippen molar-refractivity contribution in [2.24, 2.45) is 0 Å². The summed E-state index contributed by atoms with van der Waals surface area (Å²) in [5.41, 5.74) is 0. The molecule has 0 aromatic carbocycles. The number of aliphatic hydroxyl groups excluding tert-OH is 2. The summed E-state index contributed by atoms with van der Waals surface area (Å²) in [6.45, 7) is 6.53. The zero-order valence-corrected chi connectivity index (χ0v) is 45.6. The molecule has 3 unspecified atom stereocenters. The Morgan fingerprint density at radius 1 is 0.418 bits per heavy atom. The van der Waals surface area contributed by atoms with Gasteiger partial charge in [0.2, 0.25) is 5.91 Å². The fourth-order valence-electron chi connectivity index (χ4n) is 9.72. The van der Waals surface area contributed by atoms with Crippen LogP contribution in [0.1, 0.15) is 342 Å². The van der Waals surface area contributed by atoms with Crippen molar-refractivity contribution < 1.29 is 24.5 Å². The van der Waals surface area contributed by atoms with Crippen LogP contribution in [0.5, 0.6) is 0 Å². The molecule has 0 aliphatic carbocycles. The maximum absolute atomic E-state index is 13.3. The van der Waals surface area contributed by atoms with E-state index >= 15 is 0 Å². The monoisotopic (exact) mass is 946 g/mol. The molecule has 0 aromatic heterocycles. The predicted molar refractivity (Wildman–Crippen MR) is 292 cm³/mol. The fraction of sp³-hybridized carbons (Fsp3) is 0.934. The van der Waals surface area contributed by atoms with Crippen LogP contribution in [0.4, 0.5) is 0 Å². The van der Waals surface area contributed by atoms with Gasteiger partial charge in [-0.05, 0) is 51.4 Å². The summed E-state index contributed by atoms with van der Waals surface area (Å²) in [5, 5.41) is 23.9. The maximum atomic E-state index is 13.3. The van der Waals surface area contributed by atoms with Gasteiger partial charge in [-0.1, -0.05) is 290 Å². The van der Waals surface area contributed by atoms with Gasteiger partial charge in [0.1, 0.15) is 6.10 Å². The molecule has 6 heteroatoms. The van der Waals surface area contributed by atoms with Gasteiger partial charge in [0, 0.05) is 6.42 Å². The molecule has 0 radical (unpaired) electrons. The highest BCUT2D eigenvalue weighted by atomic mass is 16.5. The van der Waals surface area contributed by atoms with Gasteiger partial charge in [0.15, 0.2) is 0 Å². The molecule has 0 saturated heterocycles. The van der Waals surface area contributed by atoms with Crippen molar-refractivity contribution in [2.45, 2.75) is 360 Å².